The zero-order valence-corrected chi connectivity index (χ0v) is 11.1. The fraction of sp³-hybridized carbons (Fsp3) is 0.462. The van der Waals surface area contributed by atoms with Crippen molar-refractivity contribution < 1.29 is 14.4 Å². The summed E-state index contributed by atoms with van der Waals surface area (Å²) in [7, 11) is 0. The first kappa shape index (κ1) is 13.8. The average molecular weight is 283 g/mol. The normalized spacial score (nSPS) is 28.3. The molecule has 2 aliphatic rings. The Morgan fingerprint density at radius 3 is 2.42 bits per heavy atom. The molecule has 0 bridgehead atoms. The molecule has 1 heterocycles. The molecule has 1 aliphatic heterocycles. The topological polar surface area (TPSA) is 75.3 Å². The third-order valence-electron chi connectivity index (χ3n) is 3.24. The predicted molar refractivity (Wildman–Crippen MR) is 70.5 cm³/mol. The number of imide groups is 2. The minimum absolute atomic E-state index is 0.0610. The largest absolute Gasteiger partial charge is 0.328 e. The van der Waals surface area contributed by atoms with Gasteiger partial charge in [-0.3, -0.25) is 20.2 Å². The van der Waals surface area contributed by atoms with Gasteiger partial charge in [0.15, 0.2) is 0 Å². The second kappa shape index (κ2) is 6.02. The first-order chi connectivity index (χ1) is 9.06. The van der Waals surface area contributed by atoms with Gasteiger partial charge >= 0.3 is 6.03 Å². The van der Waals surface area contributed by atoms with Crippen molar-refractivity contribution >= 4 is 29.4 Å². The van der Waals surface area contributed by atoms with Crippen molar-refractivity contribution in [2.75, 3.05) is 0 Å². The zero-order chi connectivity index (χ0) is 13.8. The number of carbonyl (C=O) groups excluding carboxylic acids is 3. The van der Waals surface area contributed by atoms with Gasteiger partial charge in [-0.05, 0) is 31.3 Å². The lowest BCUT2D eigenvalue weighted by molar-refractivity contribution is -0.124. The molecule has 0 aromatic heterocycles. The van der Waals surface area contributed by atoms with Crippen LogP contribution in [-0.2, 0) is 9.59 Å². The van der Waals surface area contributed by atoms with Crippen LogP contribution in [0.15, 0.2) is 23.8 Å². The van der Waals surface area contributed by atoms with Crippen LogP contribution in [0, 0.1) is 5.92 Å². The van der Waals surface area contributed by atoms with Crippen molar-refractivity contribution in [2.45, 2.75) is 31.1 Å². The molecule has 1 aliphatic carbocycles. The Labute approximate surface area is 116 Å². The highest BCUT2D eigenvalue weighted by Gasteiger charge is 2.27. The lowest BCUT2D eigenvalue weighted by atomic mass is 9.88. The van der Waals surface area contributed by atoms with Crippen LogP contribution in [0.25, 0.3) is 0 Å². The molecule has 0 radical (unpaired) electrons. The number of alkyl halides is 1. The van der Waals surface area contributed by atoms with E-state index < -0.39 is 17.8 Å². The highest BCUT2D eigenvalue weighted by Crippen LogP contribution is 2.28. The summed E-state index contributed by atoms with van der Waals surface area (Å²) < 4.78 is 0. The van der Waals surface area contributed by atoms with E-state index in [2.05, 4.69) is 0 Å². The zero-order valence-electron chi connectivity index (χ0n) is 10.3. The van der Waals surface area contributed by atoms with Crippen molar-refractivity contribution in [3.8, 4) is 0 Å². The Morgan fingerprint density at radius 2 is 1.79 bits per heavy atom. The lowest BCUT2D eigenvalue weighted by Gasteiger charge is -2.22. The summed E-state index contributed by atoms with van der Waals surface area (Å²) in [4.78, 5) is 33.7. The van der Waals surface area contributed by atoms with Crippen LogP contribution in [0.5, 0.6) is 0 Å². The molecular weight excluding hydrogens is 268 g/mol. The smallest absolute Gasteiger partial charge is 0.273 e. The van der Waals surface area contributed by atoms with E-state index in [0.717, 1.165) is 25.7 Å². The molecule has 4 amide bonds. The van der Waals surface area contributed by atoms with Gasteiger partial charge in [0, 0.05) is 5.38 Å². The van der Waals surface area contributed by atoms with E-state index in [9.17, 15) is 14.4 Å². The summed E-state index contributed by atoms with van der Waals surface area (Å²) >= 11 is 6.09. The van der Waals surface area contributed by atoms with Gasteiger partial charge < -0.3 is 0 Å². The van der Waals surface area contributed by atoms with E-state index >= 15 is 0 Å². The molecule has 19 heavy (non-hydrogen) atoms. The molecule has 2 rings (SSSR count). The number of urea groups is 1. The SMILES string of the molecule is O=C1NC(=O)C(=C/C=C/C2CCCC(Cl)C2)C(=O)N1. The van der Waals surface area contributed by atoms with Gasteiger partial charge in [0.2, 0.25) is 0 Å². The van der Waals surface area contributed by atoms with Crippen molar-refractivity contribution in [1.29, 1.82) is 0 Å². The molecular formula is C13H15ClN2O3. The average Bonchev–Trinajstić information content (AvgIpc) is 2.32. The minimum atomic E-state index is -0.784. The summed E-state index contributed by atoms with van der Waals surface area (Å²) in [6.45, 7) is 0. The van der Waals surface area contributed by atoms with E-state index in [-0.39, 0.29) is 11.0 Å². The molecule has 0 aromatic rings. The molecule has 102 valence electrons. The number of amides is 4. The Kier molecular flexibility index (Phi) is 4.37. The molecule has 0 spiro atoms. The summed E-state index contributed by atoms with van der Waals surface area (Å²) in [5.74, 6) is -0.959. The number of rotatable bonds is 2. The van der Waals surface area contributed by atoms with Gasteiger partial charge in [-0.15, -0.1) is 11.6 Å². The van der Waals surface area contributed by atoms with Crippen LogP contribution in [0.4, 0.5) is 4.79 Å². The third kappa shape index (κ3) is 3.67. The lowest BCUT2D eigenvalue weighted by Crippen LogP contribution is -2.51. The Hall–Kier alpha value is -1.62. The predicted octanol–water partition coefficient (Wildman–Crippen LogP) is 1.63. The van der Waals surface area contributed by atoms with Crippen molar-refractivity contribution in [1.82, 2.24) is 10.6 Å². The van der Waals surface area contributed by atoms with Gasteiger partial charge in [-0.1, -0.05) is 18.6 Å². The van der Waals surface area contributed by atoms with E-state index in [4.69, 9.17) is 11.6 Å². The molecule has 2 fully saturated rings. The van der Waals surface area contributed by atoms with Gasteiger partial charge in [0.05, 0.1) is 0 Å². The maximum Gasteiger partial charge on any atom is 0.328 e. The van der Waals surface area contributed by atoms with Crippen LogP contribution in [-0.4, -0.2) is 23.2 Å². The Balaban J connectivity index is 1.99. The van der Waals surface area contributed by atoms with E-state index in [1.165, 1.54) is 6.08 Å². The van der Waals surface area contributed by atoms with Crippen LogP contribution < -0.4 is 10.6 Å². The molecule has 0 aromatic carbocycles. The highest BCUT2D eigenvalue weighted by atomic mass is 35.5. The van der Waals surface area contributed by atoms with Crippen molar-refractivity contribution in [2.24, 2.45) is 5.92 Å². The Bertz CT molecular complexity index is 449. The molecule has 5 nitrogen and oxygen atoms in total. The van der Waals surface area contributed by atoms with Crippen molar-refractivity contribution in [3.05, 3.63) is 23.8 Å². The highest BCUT2D eigenvalue weighted by molar-refractivity contribution is 6.29. The number of allylic oxidation sites excluding steroid dienone is 3. The molecule has 1 saturated heterocycles. The Morgan fingerprint density at radius 1 is 1.11 bits per heavy atom. The van der Waals surface area contributed by atoms with Gasteiger partial charge in [0.25, 0.3) is 11.8 Å². The van der Waals surface area contributed by atoms with Gasteiger partial charge in [-0.2, -0.15) is 0 Å². The summed E-state index contributed by atoms with van der Waals surface area (Å²) in [5, 5.41) is 4.25. The van der Waals surface area contributed by atoms with Crippen LogP contribution in [0.1, 0.15) is 25.7 Å². The number of halogens is 1. The minimum Gasteiger partial charge on any atom is -0.273 e. The number of hydrogen-bond acceptors (Lipinski definition) is 3. The first-order valence-corrected chi connectivity index (χ1v) is 6.69. The number of nitrogens with one attached hydrogen (secondary N) is 2. The second-order valence-corrected chi connectivity index (χ2v) is 5.34. The summed E-state index contributed by atoms with van der Waals surface area (Å²) in [6.07, 6.45) is 9.18. The maximum atomic E-state index is 11.4. The third-order valence-corrected chi connectivity index (χ3v) is 3.64. The second-order valence-electron chi connectivity index (χ2n) is 4.73. The van der Waals surface area contributed by atoms with Gasteiger partial charge in [0.1, 0.15) is 5.57 Å². The van der Waals surface area contributed by atoms with Crippen molar-refractivity contribution in [3.63, 3.8) is 0 Å². The molecule has 1 saturated carbocycles. The van der Waals surface area contributed by atoms with Crippen LogP contribution in [0.2, 0.25) is 0 Å². The summed E-state index contributed by atoms with van der Waals surface area (Å²) in [5.41, 5.74) is -0.0610. The molecule has 2 atom stereocenters. The summed E-state index contributed by atoms with van der Waals surface area (Å²) in [6, 6.07) is -0.784. The molecule has 2 unspecified atom stereocenters. The van der Waals surface area contributed by atoms with Crippen LogP contribution >= 0.6 is 11.6 Å². The molecule has 2 N–H and O–H groups in total. The number of hydrogen-bond donors (Lipinski definition) is 2. The van der Waals surface area contributed by atoms with E-state index in [1.54, 1.807) is 6.08 Å². The van der Waals surface area contributed by atoms with Gasteiger partial charge in [-0.25, -0.2) is 4.79 Å². The first-order valence-electron chi connectivity index (χ1n) is 6.25. The quantitative estimate of drug-likeness (QED) is 0.459. The number of barbiturate groups is 1. The number of carbonyl (C=O) groups is 3. The fourth-order valence-electron chi connectivity index (χ4n) is 2.28. The molecule has 6 heteroatoms. The standard InChI is InChI=1S/C13H15ClN2O3/c14-9-5-1-3-8(7-9)4-2-6-10-11(17)15-13(19)16-12(10)18/h2,4,6,8-9H,1,3,5,7H2,(H2,15,16,17,18,19)/b4-2+. The van der Waals surface area contributed by atoms with E-state index in [1.807, 2.05) is 16.7 Å². The fourth-order valence-corrected chi connectivity index (χ4v) is 2.66. The van der Waals surface area contributed by atoms with E-state index in [0.29, 0.717) is 5.92 Å². The van der Waals surface area contributed by atoms with Crippen LogP contribution in [0.3, 0.4) is 0 Å². The monoisotopic (exact) mass is 282 g/mol. The maximum absolute atomic E-state index is 11.4.